The molecular formula is C30H42N4O5. The number of carboxylic acids is 1. The van der Waals surface area contributed by atoms with Crippen LogP contribution in [0.5, 0.6) is 0 Å². The van der Waals surface area contributed by atoms with Gasteiger partial charge in [0, 0.05) is 18.5 Å². The van der Waals surface area contributed by atoms with Crippen molar-refractivity contribution in [3.63, 3.8) is 0 Å². The number of benzene rings is 1. The second-order valence-electron chi connectivity index (χ2n) is 13.8. The first-order valence-electron chi connectivity index (χ1n) is 15.0. The zero-order chi connectivity index (χ0) is 27.5. The predicted octanol–water partition coefficient (Wildman–Crippen LogP) is 7.07. The number of anilines is 1. The molecule has 6 rings (SSSR count). The molecule has 4 aliphatic carbocycles. The number of carbonyl (C=O) groups is 1. The summed E-state index contributed by atoms with van der Waals surface area (Å²) < 4.78 is 4.86. The normalized spacial score (nSPS) is 38.4. The molecule has 2 N–H and O–H groups in total. The Morgan fingerprint density at radius 2 is 1.85 bits per heavy atom. The standard InChI is InChI=1S/C30H42N4O5/c1-17(4-11-26(35)36)21-7-8-22-20-6-5-18-16-19(12-14-29(18,2)23(20)13-15-30(21,22)3)31-24-9-10-25(34(37)38)28-27(24)32-39-33-28/h9-10,17-23,31H,4-8,11-16H2,1-3H3,(H,35,36)/t17-,18-,19-,20+,21?,22+,23+,29+,30-/m1/s1. The summed E-state index contributed by atoms with van der Waals surface area (Å²) in [4.78, 5) is 22.1. The maximum atomic E-state index is 11.4. The van der Waals surface area contributed by atoms with Crippen LogP contribution in [0.2, 0.25) is 0 Å². The number of rotatable bonds is 7. The lowest BCUT2D eigenvalue weighted by molar-refractivity contribution is -0.383. The molecule has 9 atom stereocenters. The Balaban J connectivity index is 1.15. The molecule has 0 aliphatic heterocycles. The average molecular weight is 539 g/mol. The fourth-order valence-electron chi connectivity index (χ4n) is 10.3. The zero-order valence-electron chi connectivity index (χ0n) is 23.4. The van der Waals surface area contributed by atoms with E-state index in [9.17, 15) is 20.0 Å². The fraction of sp³-hybridized carbons (Fsp3) is 0.767. The van der Waals surface area contributed by atoms with E-state index in [0.29, 0.717) is 40.1 Å². The van der Waals surface area contributed by atoms with E-state index >= 15 is 0 Å². The van der Waals surface area contributed by atoms with Crippen LogP contribution in [0, 0.1) is 56.5 Å². The quantitative estimate of drug-likeness (QED) is 0.282. The lowest BCUT2D eigenvalue weighted by atomic mass is 9.44. The largest absolute Gasteiger partial charge is 0.481 e. The molecule has 0 spiro atoms. The van der Waals surface area contributed by atoms with Gasteiger partial charge in [-0.15, -0.1) is 0 Å². The molecule has 2 aromatic rings. The maximum absolute atomic E-state index is 11.4. The van der Waals surface area contributed by atoms with Crippen LogP contribution >= 0.6 is 0 Å². The first-order valence-corrected chi connectivity index (χ1v) is 15.0. The van der Waals surface area contributed by atoms with E-state index in [-0.39, 0.29) is 17.6 Å². The number of nitrogens with zero attached hydrogens (tertiary/aromatic N) is 3. The molecule has 0 bridgehead atoms. The number of aromatic nitrogens is 2. The number of nitrogens with one attached hydrogen (secondary N) is 1. The van der Waals surface area contributed by atoms with Crippen molar-refractivity contribution < 1.29 is 19.5 Å². The van der Waals surface area contributed by atoms with Gasteiger partial charge in [0.2, 0.25) is 5.52 Å². The number of aliphatic carboxylic acids is 1. The zero-order valence-corrected chi connectivity index (χ0v) is 23.4. The summed E-state index contributed by atoms with van der Waals surface area (Å²) in [5.41, 5.74) is 2.02. The molecule has 212 valence electrons. The fourth-order valence-corrected chi connectivity index (χ4v) is 10.3. The van der Waals surface area contributed by atoms with Crippen LogP contribution in [-0.4, -0.2) is 32.4 Å². The van der Waals surface area contributed by atoms with Crippen molar-refractivity contribution in [2.24, 2.45) is 46.3 Å². The molecule has 4 aliphatic rings. The summed E-state index contributed by atoms with van der Waals surface area (Å²) in [6.07, 6.45) is 12.2. The topological polar surface area (TPSA) is 131 Å². The molecular weight excluding hydrogens is 496 g/mol. The highest BCUT2D eigenvalue weighted by atomic mass is 16.6. The number of nitro groups is 1. The van der Waals surface area contributed by atoms with Gasteiger partial charge in [-0.05, 0) is 127 Å². The van der Waals surface area contributed by atoms with Gasteiger partial charge in [0.05, 0.1) is 10.6 Å². The van der Waals surface area contributed by atoms with Crippen molar-refractivity contribution in [1.82, 2.24) is 10.3 Å². The lowest BCUT2D eigenvalue weighted by Crippen LogP contribution is -2.54. The molecule has 1 unspecified atom stereocenters. The number of carboxylic acid groups (broad SMARTS) is 1. The minimum atomic E-state index is -0.669. The minimum Gasteiger partial charge on any atom is -0.481 e. The molecule has 0 radical (unpaired) electrons. The summed E-state index contributed by atoms with van der Waals surface area (Å²) in [5, 5.41) is 32.0. The van der Waals surface area contributed by atoms with E-state index in [1.54, 1.807) is 6.07 Å². The van der Waals surface area contributed by atoms with Crippen molar-refractivity contribution in [2.45, 2.75) is 97.4 Å². The van der Waals surface area contributed by atoms with E-state index in [1.807, 2.05) is 0 Å². The SMILES string of the molecule is C[C@H](CCC(=O)O)C1CC[C@H]2[C@@H]3CC[C@@H]4C[C@H](Nc5ccc([N+](=O)[O-])c6nonc56)CC[C@]4(C)[C@H]3CC[C@]12C. The van der Waals surface area contributed by atoms with E-state index in [2.05, 4.69) is 36.4 Å². The van der Waals surface area contributed by atoms with E-state index in [4.69, 9.17) is 4.63 Å². The Morgan fingerprint density at radius 3 is 2.62 bits per heavy atom. The van der Waals surface area contributed by atoms with Gasteiger partial charge < -0.3 is 10.4 Å². The molecule has 1 aromatic carbocycles. The molecule has 4 fully saturated rings. The van der Waals surface area contributed by atoms with Gasteiger partial charge in [-0.1, -0.05) is 20.8 Å². The van der Waals surface area contributed by atoms with Crippen LogP contribution in [0.25, 0.3) is 11.0 Å². The Kier molecular flexibility index (Phi) is 6.62. The van der Waals surface area contributed by atoms with Crippen LogP contribution in [0.4, 0.5) is 11.4 Å². The molecule has 1 heterocycles. The molecule has 1 aromatic heterocycles. The number of non-ortho nitro benzene ring substituents is 1. The van der Waals surface area contributed by atoms with E-state index < -0.39 is 10.9 Å². The minimum absolute atomic E-state index is 0.0823. The van der Waals surface area contributed by atoms with Crippen molar-refractivity contribution in [3.05, 3.63) is 22.2 Å². The Labute approximate surface area is 229 Å². The van der Waals surface area contributed by atoms with Gasteiger partial charge in [-0.2, -0.15) is 0 Å². The van der Waals surface area contributed by atoms with Gasteiger partial charge in [0.15, 0.2) is 5.52 Å². The van der Waals surface area contributed by atoms with E-state index in [1.165, 1.54) is 51.0 Å². The molecule has 0 amide bonds. The van der Waals surface area contributed by atoms with Crippen LogP contribution < -0.4 is 5.32 Å². The van der Waals surface area contributed by atoms with Gasteiger partial charge in [-0.3, -0.25) is 14.9 Å². The number of hydrogen-bond acceptors (Lipinski definition) is 7. The molecule has 9 nitrogen and oxygen atoms in total. The third-order valence-electron chi connectivity index (χ3n) is 12.2. The average Bonchev–Trinajstić information content (AvgIpc) is 3.52. The van der Waals surface area contributed by atoms with Gasteiger partial charge in [0.25, 0.3) is 0 Å². The van der Waals surface area contributed by atoms with Crippen molar-refractivity contribution in [1.29, 1.82) is 0 Å². The van der Waals surface area contributed by atoms with Crippen molar-refractivity contribution in [3.8, 4) is 0 Å². The van der Waals surface area contributed by atoms with E-state index in [0.717, 1.165) is 42.7 Å². The number of fused-ring (bicyclic) bond motifs is 6. The molecule has 0 saturated heterocycles. The highest BCUT2D eigenvalue weighted by molar-refractivity contribution is 5.93. The Hall–Kier alpha value is -2.71. The second-order valence-corrected chi connectivity index (χ2v) is 13.8. The molecule has 39 heavy (non-hydrogen) atoms. The van der Waals surface area contributed by atoms with Crippen LogP contribution in [-0.2, 0) is 4.79 Å². The van der Waals surface area contributed by atoms with Gasteiger partial charge >= 0.3 is 11.7 Å². The monoisotopic (exact) mass is 538 g/mol. The third-order valence-corrected chi connectivity index (χ3v) is 12.2. The summed E-state index contributed by atoms with van der Waals surface area (Å²) >= 11 is 0. The first kappa shape index (κ1) is 26.5. The summed E-state index contributed by atoms with van der Waals surface area (Å²) in [7, 11) is 0. The third kappa shape index (κ3) is 4.31. The van der Waals surface area contributed by atoms with Crippen LogP contribution in [0.3, 0.4) is 0 Å². The molecule has 9 heteroatoms. The maximum Gasteiger partial charge on any atom is 0.303 e. The van der Waals surface area contributed by atoms with Crippen LogP contribution in [0.15, 0.2) is 16.8 Å². The Bertz CT molecular complexity index is 1260. The lowest BCUT2D eigenvalue weighted by Gasteiger charge is -2.61. The first-order chi connectivity index (χ1) is 18.6. The summed E-state index contributed by atoms with van der Waals surface area (Å²) in [6, 6.07) is 3.54. The summed E-state index contributed by atoms with van der Waals surface area (Å²) in [6.45, 7) is 7.41. The second kappa shape index (κ2) is 9.73. The highest BCUT2D eigenvalue weighted by Crippen LogP contribution is 2.68. The number of hydrogen-bond donors (Lipinski definition) is 2. The summed E-state index contributed by atoms with van der Waals surface area (Å²) in [5.74, 6) is 3.47. The molecule has 4 saturated carbocycles. The Morgan fingerprint density at radius 1 is 1.10 bits per heavy atom. The van der Waals surface area contributed by atoms with Crippen molar-refractivity contribution in [2.75, 3.05) is 5.32 Å². The van der Waals surface area contributed by atoms with Crippen molar-refractivity contribution >= 4 is 28.4 Å². The van der Waals surface area contributed by atoms with Gasteiger partial charge in [0.1, 0.15) is 0 Å². The van der Waals surface area contributed by atoms with Crippen LogP contribution in [0.1, 0.15) is 91.4 Å². The smallest absolute Gasteiger partial charge is 0.303 e. The van der Waals surface area contributed by atoms with Gasteiger partial charge in [-0.25, -0.2) is 4.63 Å². The predicted molar refractivity (Wildman–Crippen MR) is 147 cm³/mol. The highest BCUT2D eigenvalue weighted by Gasteiger charge is 2.60. The number of nitro benzene ring substituents is 1.